The van der Waals surface area contributed by atoms with E-state index in [2.05, 4.69) is 12.2 Å². The van der Waals surface area contributed by atoms with E-state index >= 15 is 0 Å². The van der Waals surface area contributed by atoms with Crippen molar-refractivity contribution in [3.8, 4) is 0 Å². The van der Waals surface area contributed by atoms with E-state index in [1.807, 2.05) is 0 Å². The second-order valence-corrected chi connectivity index (χ2v) is 5.16. The Morgan fingerprint density at radius 3 is 1.40 bits per heavy atom. The van der Waals surface area contributed by atoms with Crippen LogP contribution in [0.5, 0.6) is 0 Å². The zero-order valence-electron chi connectivity index (χ0n) is 12.4. The van der Waals surface area contributed by atoms with E-state index in [1.54, 1.807) is 0 Å². The largest absolute Gasteiger partial charge is 0.481 e. The summed E-state index contributed by atoms with van der Waals surface area (Å²) in [6, 6.07) is 0. The molecule has 4 heteroatoms. The number of carboxylic acid groups (broad SMARTS) is 2. The first-order chi connectivity index (χ1) is 9.63. The molecule has 2 N–H and O–H groups in total. The summed E-state index contributed by atoms with van der Waals surface area (Å²) in [6.07, 6.45) is 15.2. The topological polar surface area (TPSA) is 74.6 Å². The zero-order valence-corrected chi connectivity index (χ0v) is 12.4. The van der Waals surface area contributed by atoms with Crippen LogP contribution in [0.4, 0.5) is 0 Å². The summed E-state index contributed by atoms with van der Waals surface area (Å²) in [5.74, 6) is -1.40. The summed E-state index contributed by atoms with van der Waals surface area (Å²) < 4.78 is 0. The Bertz CT molecular complexity index is 284. The van der Waals surface area contributed by atoms with Crippen LogP contribution in [-0.2, 0) is 9.59 Å². The molecule has 0 aliphatic rings. The highest BCUT2D eigenvalue weighted by Crippen LogP contribution is 2.08. The molecular formula is C16H28O4. The number of allylic oxidation sites excluding steroid dienone is 2. The highest BCUT2D eigenvalue weighted by atomic mass is 16.4. The standard InChI is InChI=1S/C16H28O4/c17-15(18)13-11-9-7-5-3-1-2-4-6-8-10-12-14-16(19)20/h1,3H,2,4-14H2,(H,17,18)(H,19,20)/b3-1-. The molecule has 0 atom stereocenters. The molecule has 0 heterocycles. The average molecular weight is 284 g/mol. The molecule has 4 nitrogen and oxygen atoms in total. The molecule has 0 aromatic carbocycles. The van der Waals surface area contributed by atoms with Crippen LogP contribution in [0.1, 0.15) is 77.0 Å². The Hall–Kier alpha value is -1.32. The molecule has 0 saturated heterocycles. The predicted octanol–water partition coefficient (Wildman–Crippen LogP) is 4.39. The van der Waals surface area contributed by atoms with Gasteiger partial charge < -0.3 is 10.2 Å². The fourth-order valence-electron chi connectivity index (χ4n) is 2.02. The summed E-state index contributed by atoms with van der Waals surface area (Å²) in [4.78, 5) is 20.6. The van der Waals surface area contributed by atoms with E-state index in [1.165, 1.54) is 12.8 Å². The van der Waals surface area contributed by atoms with E-state index in [0.717, 1.165) is 51.4 Å². The third-order valence-electron chi connectivity index (χ3n) is 3.19. The Balaban J connectivity index is 3.12. The Kier molecular flexibility index (Phi) is 13.2. The second-order valence-electron chi connectivity index (χ2n) is 5.16. The number of carbonyl (C=O) groups is 2. The Morgan fingerprint density at radius 1 is 0.600 bits per heavy atom. The second kappa shape index (κ2) is 14.1. The van der Waals surface area contributed by atoms with Gasteiger partial charge in [-0.15, -0.1) is 0 Å². The van der Waals surface area contributed by atoms with Gasteiger partial charge in [-0.2, -0.15) is 0 Å². The molecule has 116 valence electrons. The van der Waals surface area contributed by atoms with Gasteiger partial charge in [-0.3, -0.25) is 9.59 Å². The quantitative estimate of drug-likeness (QED) is 0.366. The Morgan fingerprint density at radius 2 is 0.950 bits per heavy atom. The van der Waals surface area contributed by atoms with Gasteiger partial charge in [0.25, 0.3) is 0 Å². The average Bonchev–Trinajstić information content (AvgIpc) is 2.38. The van der Waals surface area contributed by atoms with Crippen LogP contribution in [0.3, 0.4) is 0 Å². The van der Waals surface area contributed by atoms with Crippen molar-refractivity contribution in [2.45, 2.75) is 77.0 Å². The summed E-state index contributed by atoms with van der Waals surface area (Å²) in [5, 5.41) is 17.0. The summed E-state index contributed by atoms with van der Waals surface area (Å²) in [7, 11) is 0. The van der Waals surface area contributed by atoms with Gasteiger partial charge in [0.15, 0.2) is 0 Å². The molecule has 0 rings (SSSR count). The Labute approximate surface area is 121 Å². The summed E-state index contributed by atoms with van der Waals surface area (Å²) in [6.45, 7) is 0. The normalized spacial score (nSPS) is 11.0. The lowest BCUT2D eigenvalue weighted by molar-refractivity contribution is -0.138. The van der Waals surface area contributed by atoms with Gasteiger partial charge in [0.1, 0.15) is 0 Å². The predicted molar refractivity (Wildman–Crippen MR) is 79.8 cm³/mol. The van der Waals surface area contributed by atoms with Gasteiger partial charge in [-0.25, -0.2) is 0 Å². The molecule has 0 aromatic rings. The van der Waals surface area contributed by atoms with Gasteiger partial charge in [0.05, 0.1) is 0 Å². The lowest BCUT2D eigenvalue weighted by atomic mass is 10.1. The maximum absolute atomic E-state index is 10.3. The summed E-state index contributed by atoms with van der Waals surface area (Å²) >= 11 is 0. The van der Waals surface area contributed by atoms with Crippen molar-refractivity contribution in [2.24, 2.45) is 0 Å². The first-order valence-electron chi connectivity index (χ1n) is 7.71. The van der Waals surface area contributed by atoms with Crippen molar-refractivity contribution in [3.63, 3.8) is 0 Å². The van der Waals surface area contributed by atoms with E-state index in [-0.39, 0.29) is 6.42 Å². The monoisotopic (exact) mass is 284 g/mol. The fourth-order valence-corrected chi connectivity index (χ4v) is 2.02. The van der Waals surface area contributed by atoms with E-state index in [4.69, 9.17) is 10.2 Å². The fraction of sp³-hybridized carbons (Fsp3) is 0.750. The lowest BCUT2D eigenvalue weighted by Crippen LogP contribution is -1.93. The molecule has 0 amide bonds. The van der Waals surface area contributed by atoms with Gasteiger partial charge in [0.2, 0.25) is 0 Å². The number of aliphatic carboxylic acids is 2. The van der Waals surface area contributed by atoms with Crippen molar-refractivity contribution in [1.29, 1.82) is 0 Å². The molecule has 20 heavy (non-hydrogen) atoms. The van der Waals surface area contributed by atoms with Crippen LogP contribution < -0.4 is 0 Å². The van der Waals surface area contributed by atoms with Crippen molar-refractivity contribution in [1.82, 2.24) is 0 Å². The number of unbranched alkanes of at least 4 members (excludes halogenated alkanes) is 8. The number of rotatable bonds is 14. The molecule has 0 aromatic heterocycles. The van der Waals surface area contributed by atoms with Crippen molar-refractivity contribution >= 4 is 11.9 Å². The maximum Gasteiger partial charge on any atom is 0.303 e. The highest BCUT2D eigenvalue weighted by Gasteiger charge is 1.96. The highest BCUT2D eigenvalue weighted by molar-refractivity contribution is 5.66. The molecule has 0 radical (unpaired) electrons. The van der Waals surface area contributed by atoms with Crippen molar-refractivity contribution in [2.75, 3.05) is 0 Å². The summed E-state index contributed by atoms with van der Waals surface area (Å²) in [5.41, 5.74) is 0. The number of hydrogen-bond acceptors (Lipinski definition) is 2. The van der Waals surface area contributed by atoms with Crippen LogP contribution in [-0.4, -0.2) is 22.2 Å². The van der Waals surface area contributed by atoms with Crippen LogP contribution >= 0.6 is 0 Å². The van der Waals surface area contributed by atoms with Gasteiger partial charge >= 0.3 is 11.9 Å². The molecule has 0 bridgehead atoms. The first kappa shape index (κ1) is 18.7. The third-order valence-corrected chi connectivity index (χ3v) is 3.19. The number of carboxylic acids is 2. The first-order valence-corrected chi connectivity index (χ1v) is 7.71. The molecule has 0 saturated carbocycles. The third kappa shape index (κ3) is 16.7. The van der Waals surface area contributed by atoms with Crippen LogP contribution in [0, 0.1) is 0 Å². The van der Waals surface area contributed by atoms with E-state index in [0.29, 0.717) is 6.42 Å². The van der Waals surface area contributed by atoms with Gasteiger partial charge in [-0.1, -0.05) is 37.8 Å². The van der Waals surface area contributed by atoms with E-state index in [9.17, 15) is 9.59 Å². The van der Waals surface area contributed by atoms with Crippen molar-refractivity contribution < 1.29 is 19.8 Å². The van der Waals surface area contributed by atoms with Crippen LogP contribution in [0.2, 0.25) is 0 Å². The van der Waals surface area contributed by atoms with Gasteiger partial charge in [0, 0.05) is 12.8 Å². The maximum atomic E-state index is 10.3. The molecule has 0 unspecified atom stereocenters. The minimum Gasteiger partial charge on any atom is -0.481 e. The SMILES string of the molecule is O=C(O)CCCCC/C=C\CCCCCCCC(=O)O. The minimum absolute atomic E-state index is 0.283. The zero-order chi connectivity index (χ0) is 15.1. The molecule has 0 spiro atoms. The lowest BCUT2D eigenvalue weighted by Gasteiger charge is -1.98. The molecule has 0 aliphatic carbocycles. The van der Waals surface area contributed by atoms with Crippen LogP contribution in [0.15, 0.2) is 12.2 Å². The van der Waals surface area contributed by atoms with Gasteiger partial charge in [-0.05, 0) is 38.5 Å². The molecule has 0 fully saturated rings. The molecule has 0 aliphatic heterocycles. The van der Waals surface area contributed by atoms with E-state index < -0.39 is 11.9 Å². The minimum atomic E-state index is -0.705. The van der Waals surface area contributed by atoms with Crippen molar-refractivity contribution in [3.05, 3.63) is 12.2 Å². The van der Waals surface area contributed by atoms with Crippen LogP contribution in [0.25, 0.3) is 0 Å². The molecular weight excluding hydrogens is 256 g/mol. The smallest absolute Gasteiger partial charge is 0.303 e. The number of hydrogen-bond donors (Lipinski definition) is 2.